The second-order valence-corrected chi connectivity index (χ2v) is 6.30. The van der Waals surface area contributed by atoms with Gasteiger partial charge in [0.15, 0.2) is 0 Å². The average molecular weight is 284 g/mol. The van der Waals surface area contributed by atoms with Crippen LogP contribution in [-0.4, -0.2) is 6.54 Å². The Balaban J connectivity index is 2.13. The van der Waals surface area contributed by atoms with E-state index >= 15 is 0 Å². The summed E-state index contributed by atoms with van der Waals surface area (Å²) >= 11 is 5.74. The Hall–Kier alpha value is -0.600. The number of hydrogen-bond donors (Lipinski definition) is 1. The highest BCUT2D eigenvalue weighted by molar-refractivity contribution is 6.30. The van der Waals surface area contributed by atoms with E-state index in [0.717, 1.165) is 24.8 Å². The minimum absolute atomic E-state index is 0.153. The lowest BCUT2D eigenvalue weighted by molar-refractivity contribution is 0.217. The van der Waals surface area contributed by atoms with Crippen molar-refractivity contribution < 1.29 is 4.39 Å². The van der Waals surface area contributed by atoms with Gasteiger partial charge in [0.25, 0.3) is 0 Å². The molecule has 0 saturated heterocycles. The molecule has 1 fully saturated rings. The first-order valence-electron chi connectivity index (χ1n) is 7.29. The second kappa shape index (κ2) is 6.71. The van der Waals surface area contributed by atoms with Crippen molar-refractivity contribution in [3.8, 4) is 0 Å². The van der Waals surface area contributed by atoms with Crippen LogP contribution in [0.2, 0.25) is 5.02 Å². The van der Waals surface area contributed by atoms with Crippen molar-refractivity contribution in [1.29, 1.82) is 0 Å². The highest BCUT2D eigenvalue weighted by Crippen LogP contribution is 2.36. The van der Waals surface area contributed by atoms with E-state index in [0.29, 0.717) is 6.54 Å². The van der Waals surface area contributed by atoms with E-state index < -0.39 is 0 Å². The van der Waals surface area contributed by atoms with Crippen LogP contribution < -0.4 is 5.73 Å². The highest BCUT2D eigenvalue weighted by Gasteiger charge is 2.29. The summed E-state index contributed by atoms with van der Waals surface area (Å²) in [5, 5.41) is 0.197. The summed E-state index contributed by atoms with van der Waals surface area (Å²) in [6.45, 7) is 0.692. The predicted octanol–water partition coefficient (Wildman–Crippen LogP) is 4.71. The number of hydrogen-bond acceptors (Lipinski definition) is 1. The molecule has 1 saturated carbocycles. The van der Waals surface area contributed by atoms with Crippen LogP contribution in [0.5, 0.6) is 0 Å². The quantitative estimate of drug-likeness (QED) is 0.854. The lowest BCUT2D eigenvalue weighted by Crippen LogP contribution is -2.33. The lowest BCUT2D eigenvalue weighted by Gasteiger charge is -2.34. The molecule has 106 valence electrons. The van der Waals surface area contributed by atoms with E-state index in [1.165, 1.54) is 32.1 Å². The van der Waals surface area contributed by atoms with Crippen LogP contribution in [0.4, 0.5) is 4.39 Å². The van der Waals surface area contributed by atoms with Gasteiger partial charge in [-0.3, -0.25) is 0 Å². The normalized spacial score (nSPS) is 19.7. The monoisotopic (exact) mass is 283 g/mol. The predicted molar refractivity (Wildman–Crippen MR) is 78.9 cm³/mol. The Morgan fingerprint density at radius 1 is 1.11 bits per heavy atom. The van der Waals surface area contributed by atoms with Gasteiger partial charge in [-0.1, -0.05) is 49.8 Å². The molecule has 0 atom stereocenters. The van der Waals surface area contributed by atoms with E-state index in [1.807, 2.05) is 6.07 Å². The molecule has 1 aliphatic carbocycles. The molecule has 0 amide bonds. The maximum Gasteiger partial charge on any atom is 0.142 e. The molecule has 0 heterocycles. The molecule has 1 aromatic rings. The minimum Gasteiger partial charge on any atom is -0.330 e. The third kappa shape index (κ3) is 3.93. The standard InChI is InChI=1S/C16H23ClFN/c17-14-7-6-13(10-15(14)18)11-16(12-19)8-4-2-1-3-5-9-16/h6-7,10H,1-5,8-9,11-12,19H2. The summed E-state index contributed by atoms with van der Waals surface area (Å²) in [6.07, 6.45) is 9.63. The van der Waals surface area contributed by atoms with Gasteiger partial charge in [0.1, 0.15) is 5.82 Å². The molecule has 19 heavy (non-hydrogen) atoms. The van der Waals surface area contributed by atoms with E-state index in [2.05, 4.69) is 0 Å². The SMILES string of the molecule is NCC1(Cc2ccc(Cl)c(F)c2)CCCCCCC1. The Morgan fingerprint density at radius 2 is 1.74 bits per heavy atom. The Morgan fingerprint density at radius 3 is 2.32 bits per heavy atom. The molecule has 0 bridgehead atoms. The fourth-order valence-corrected chi connectivity index (χ4v) is 3.31. The summed E-state index contributed by atoms with van der Waals surface area (Å²) in [7, 11) is 0. The van der Waals surface area contributed by atoms with Crippen LogP contribution in [0.3, 0.4) is 0 Å². The van der Waals surface area contributed by atoms with Gasteiger partial charge in [0.05, 0.1) is 5.02 Å². The van der Waals surface area contributed by atoms with Gasteiger partial charge in [-0.05, 0) is 48.9 Å². The molecular formula is C16H23ClFN. The van der Waals surface area contributed by atoms with Crippen LogP contribution in [0.15, 0.2) is 18.2 Å². The Kier molecular flexibility index (Phi) is 5.23. The van der Waals surface area contributed by atoms with Crippen molar-refractivity contribution in [3.63, 3.8) is 0 Å². The number of nitrogens with two attached hydrogens (primary N) is 1. The molecule has 0 aromatic heterocycles. The van der Waals surface area contributed by atoms with Crippen LogP contribution >= 0.6 is 11.6 Å². The molecule has 0 aliphatic heterocycles. The molecule has 3 heteroatoms. The topological polar surface area (TPSA) is 26.0 Å². The highest BCUT2D eigenvalue weighted by atomic mass is 35.5. The fraction of sp³-hybridized carbons (Fsp3) is 0.625. The van der Waals surface area contributed by atoms with E-state index in [1.54, 1.807) is 12.1 Å². The zero-order chi connectivity index (χ0) is 13.7. The molecule has 1 nitrogen and oxygen atoms in total. The van der Waals surface area contributed by atoms with Gasteiger partial charge in [-0.2, -0.15) is 0 Å². The summed E-state index contributed by atoms with van der Waals surface area (Å²) in [5.41, 5.74) is 7.23. The van der Waals surface area contributed by atoms with Gasteiger partial charge in [0, 0.05) is 0 Å². The smallest absolute Gasteiger partial charge is 0.142 e. The van der Waals surface area contributed by atoms with Crippen molar-refractivity contribution in [3.05, 3.63) is 34.6 Å². The Bertz CT molecular complexity index is 411. The second-order valence-electron chi connectivity index (χ2n) is 5.90. The molecule has 2 rings (SSSR count). The zero-order valence-corrected chi connectivity index (χ0v) is 12.2. The van der Waals surface area contributed by atoms with E-state index in [4.69, 9.17) is 17.3 Å². The molecule has 0 radical (unpaired) electrons. The van der Waals surface area contributed by atoms with Crippen molar-refractivity contribution in [2.24, 2.45) is 11.1 Å². The Labute approximate surface area is 120 Å². The summed E-state index contributed by atoms with van der Waals surface area (Å²) in [5.74, 6) is -0.322. The van der Waals surface area contributed by atoms with Crippen molar-refractivity contribution in [2.75, 3.05) is 6.54 Å². The van der Waals surface area contributed by atoms with Gasteiger partial charge in [0.2, 0.25) is 0 Å². The fourth-order valence-electron chi connectivity index (χ4n) is 3.19. The van der Waals surface area contributed by atoms with E-state index in [-0.39, 0.29) is 16.3 Å². The van der Waals surface area contributed by atoms with Crippen LogP contribution in [0.25, 0.3) is 0 Å². The number of rotatable bonds is 3. The van der Waals surface area contributed by atoms with Crippen molar-refractivity contribution in [1.82, 2.24) is 0 Å². The van der Waals surface area contributed by atoms with Crippen LogP contribution in [-0.2, 0) is 6.42 Å². The van der Waals surface area contributed by atoms with Crippen molar-refractivity contribution >= 4 is 11.6 Å². The van der Waals surface area contributed by atoms with Gasteiger partial charge in [-0.15, -0.1) is 0 Å². The first kappa shape index (κ1) is 14.8. The number of benzene rings is 1. The molecule has 0 unspecified atom stereocenters. The zero-order valence-electron chi connectivity index (χ0n) is 11.4. The minimum atomic E-state index is -0.322. The summed E-state index contributed by atoms with van der Waals surface area (Å²) in [6, 6.07) is 5.15. The summed E-state index contributed by atoms with van der Waals surface area (Å²) < 4.78 is 13.5. The average Bonchev–Trinajstić information content (AvgIpc) is 2.37. The van der Waals surface area contributed by atoms with Gasteiger partial charge in [-0.25, -0.2) is 4.39 Å². The van der Waals surface area contributed by atoms with Crippen molar-refractivity contribution in [2.45, 2.75) is 51.4 Å². The largest absolute Gasteiger partial charge is 0.330 e. The van der Waals surface area contributed by atoms with E-state index in [9.17, 15) is 4.39 Å². The maximum absolute atomic E-state index is 13.5. The first-order chi connectivity index (χ1) is 9.15. The molecule has 1 aromatic carbocycles. The first-order valence-corrected chi connectivity index (χ1v) is 7.67. The van der Waals surface area contributed by atoms with Gasteiger partial charge >= 0.3 is 0 Å². The maximum atomic E-state index is 13.5. The lowest BCUT2D eigenvalue weighted by atomic mass is 9.72. The summed E-state index contributed by atoms with van der Waals surface area (Å²) in [4.78, 5) is 0. The van der Waals surface area contributed by atoms with Crippen LogP contribution in [0.1, 0.15) is 50.5 Å². The third-order valence-electron chi connectivity index (χ3n) is 4.41. The third-order valence-corrected chi connectivity index (χ3v) is 4.72. The molecular weight excluding hydrogens is 261 g/mol. The van der Waals surface area contributed by atoms with Gasteiger partial charge < -0.3 is 5.73 Å². The molecule has 1 aliphatic rings. The molecule has 2 N–H and O–H groups in total. The number of halogens is 2. The molecule has 0 spiro atoms. The van der Waals surface area contributed by atoms with Crippen LogP contribution in [0, 0.1) is 11.2 Å².